The molecule has 1 fully saturated rings. The number of aromatic nitrogens is 3. The van der Waals surface area contributed by atoms with Gasteiger partial charge in [-0.2, -0.15) is 4.31 Å². The van der Waals surface area contributed by atoms with E-state index in [4.69, 9.17) is 4.74 Å². The molecule has 1 heterocycles. The first-order valence-corrected chi connectivity index (χ1v) is 9.75. The fourth-order valence-electron chi connectivity index (χ4n) is 3.20. The summed E-state index contributed by atoms with van der Waals surface area (Å²) in [5, 5.41) is 6.38. The molecule has 0 saturated heterocycles. The molecule has 8 heteroatoms. The van der Waals surface area contributed by atoms with Gasteiger partial charge in [-0.1, -0.05) is 39.0 Å². The molecule has 1 atom stereocenters. The maximum atomic E-state index is 12.6. The Bertz CT molecular complexity index is 581. The molecule has 0 bridgehead atoms. The molecule has 132 valence electrons. The van der Waals surface area contributed by atoms with Crippen molar-refractivity contribution in [1.82, 2.24) is 19.5 Å². The van der Waals surface area contributed by atoms with Crippen LogP contribution in [0.15, 0.2) is 5.16 Å². The summed E-state index contributed by atoms with van der Waals surface area (Å²) in [7, 11) is -0.435. The topological polar surface area (TPSA) is 88.2 Å². The van der Waals surface area contributed by atoms with E-state index in [-0.39, 0.29) is 5.16 Å². The fourth-order valence-corrected chi connectivity index (χ4v) is 4.30. The Labute approximate surface area is 138 Å². The van der Waals surface area contributed by atoms with Crippen molar-refractivity contribution in [3.8, 4) is 0 Å². The van der Waals surface area contributed by atoms with Gasteiger partial charge in [0.1, 0.15) is 5.82 Å². The molecular weight excluding hydrogens is 316 g/mol. The molecule has 2 rings (SSSR count). The lowest BCUT2D eigenvalue weighted by atomic mass is 9.81. The first kappa shape index (κ1) is 18.4. The molecule has 1 aromatic rings. The molecule has 0 spiro atoms. The summed E-state index contributed by atoms with van der Waals surface area (Å²) in [6.45, 7) is 3.13. The van der Waals surface area contributed by atoms with Crippen molar-refractivity contribution in [3.63, 3.8) is 0 Å². The molecule has 0 aromatic carbocycles. The van der Waals surface area contributed by atoms with Gasteiger partial charge in [-0.05, 0) is 11.8 Å². The van der Waals surface area contributed by atoms with Crippen LogP contribution in [-0.2, 0) is 21.2 Å². The van der Waals surface area contributed by atoms with Gasteiger partial charge in [0, 0.05) is 27.1 Å². The highest BCUT2D eigenvalue weighted by atomic mass is 32.2. The standard InChI is InChI=1S/C15H28N4O3S/c1-12(13-7-5-4-6-8-13)11-19(2)23(20,21)15-16-14(17-18-15)9-10-22-3/h12-13H,4-11H2,1-3H3,(H,16,17,18). The average molecular weight is 344 g/mol. The van der Waals surface area contributed by atoms with Gasteiger partial charge in [-0.25, -0.2) is 13.4 Å². The number of nitrogens with one attached hydrogen (secondary N) is 1. The third-order valence-electron chi connectivity index (χ3n) is 4.69. The van der Waals surface area contributed by atoms with Gasteiger partial charge in [0.15, 0.2) is 0 Å². The summed E-state index contributed by atoms with van der Waals surface area (Å²) in [5.74, 6) is 1.49. The Morgan fingerprint density at radius 1 is 1.35 bits per heavy atom. The predicted molar refractivity (Wildman–Crippen MR) is 87.5 cm³/mol. The molecular formula is C15H28N4O3S. The van der Waals surface area contributed by atoms with Crippen molar-refractivity contribution in [2.24, 2.45) is 11.8 Å². The lowest BCUT2D eigenvalue weighted by Crippen LogP contribution is -2.34. The van der Waals surface area contributed by atoms with Crippen LogP contribution in [0.5, 0.6) is 0 Å². The minimum absolute atomic E-state index is 0.151. The second-order valence-electron chi connectivity index (χ2n) is 6.47. The van der Waals surface area contributed by atoms with E-state index < -0.39 is 10.0 Å². The highest BCUT2D eigenvalue weighted by molar-refractivity contribution is 7.88. The van der Waals surface area contributed by atoms with Crippen molar-refractivity contribution in [1.29, 1.82) is 0 Å². The molecule has 7 nitrogen and oxygen atoms in total. The maximum absolute atomic E-state index is 12.6. The Morgan fingerprint density at radius 3 is 2.70 bits per heavy atom. The van der Waals surface area contributed by atoms with Crippen molar-refractivity contribution >= 4 is 10.0 Å². The third kappa shape index (κ3) is 4.74. The monoisotopic (exact) mass is 344 g/mol. The Hall–Kier alpha value is -0.990. The van der Waals surface area contributed by atoms with E-state index in [1.165, 1.54) is 36.4 Å². The number of H-pyrrole nitrogens is 1. The van der Waals surface area contributed by atoms with Gasteiger partial charge in [0.25, 0.3) is 15.2 Å². The SMILES string of the molecule is COCCc1nc(S(=O)(=O)N(C)CC(C)C2CCCCC2)n[nH]1. The van der Waals surface area contributed by atoms with Crippen LogP contribution < -0.4 is 0 Å². The van der Waals surface area contributed by atoms with Crippen LogP contribution >= 0.6 is 0 Å². The van der Waals surface area contributed by atoms with Crippen LogP contribution in [0.1, 0.15) is 44.9 Å². The number of methoxy groups -OCH3 is 1. The van der Waals surface area contributed by atoms with E-state index in [9.17, 15) is 8.42 Å². The van der Waals surface area contributed by atoms with E-state index in [2.05, 4.69) is 22.1 Å². The fraction of sp³-hybridized carbons (Fsp3) is 0.867. The van der Waals surface area contributed by atoms with Gasteiger partial charge in [0.05, 0.1) is 6.61 Å². The van der Waals surface area contributed by atoms with E-state index in [0.29, 0.717) is 37.2 Å². The minimum Gasteiger partial charge on any atom is -0.384 e. The molecule has 1 aliphatic carbocycles. The lowest BCUT2D eigenvalue weighted by Gasteiger charge is -2.30. The second-order valence-corrected chi connectivity index (χ2v) is 8.41. The molecule has 0 amide bonds. The summed E-state index contributed by atoms with van der Waals surface area (Å²) >= 11 is 0. The maximum Gasteiger partial charge on any atom is 0.282 e. The normalized spacial score (nSPS) is 18.4. The second kappa shape index (κ2) is 8.21. The zero-order valence-corrected chi connectivity index (χ0v) is 15.1. The van der Waals surface area contributed by atoms with Gasteiger partial charge < -0.3 is 4.74 Å². The third-order valence-corrected chi connectivity index (χ3v) is 6.31. The quantitative estimate of drug-likeness (QED) is 0.777. The molecule has 0 aliphatic heterocycles. The molecule has 1 N–H and O–H groups in total. The highest BCUT2D eigenvalue weighted by Gasteiger charge is 2.29. The Morgan fingerprint density at radius 2 is 2.04 bits per heavy atom. The van der Waals surface area contributed by atoms with Crippen LogP contribution in [0, 0.1) is 11.8 Å². The zero-order chi connectivity index (χ0) is 16.9. The minimum atomic E-state index is -3.64. The van der Waals surface area contributed by atoms with E-state index in [0.717, 1.165) is 0 Å². The molecule has 1 aliphatic rings. The van der Waals surface area contributed by atoms with Crippen LogP contribution in [0.2, 0.25) is 0 Å². The van der Waals surface area contributed by atoms with Crippen molar-refractivity contribution in [2.75, 3.05) is 27.3 Å². The van der Waals surface area contributed by atoms with Crippen molar-refractivity contribution < 1.29 is 13.2 Å². The first-order valence-electron chi connectivity index (χ1n) is 8.31. The largest absolute Gasteiger partial charge is 0.384 e. The lowest BCUT2D eigenvalue weighted by molar-refractivity contribution is 0.200. The number of nitrogens with zero attached hydrogens (tertiary/aromatic N) is 3. The van der Waals surface area contributed by atoms with E-state index >= 15 is 0 Å². The Balaban J connectivity index is 1.98. The van der Waals surface area contributed by atoms with Crippen molar-refractivity contribution in [3.05, 3.63) is 5.82 Å². The van der Waals surface area contributed by atoms with Gasteiger partial charge >= 0.3 is 0 Å². The summed E-state index contributed by atoms with van der Waals surface area (Å²) in [5.41, 5.74) is 0. The van der Waals surface area contributed by atoms with E-state index in [1.807, 2.05) is 0 Å². The predicted octanol–water partition coefficient (Wildman–Crippen LogP) is 1.83. The summed E-state index contributed by atoms with van der Waals surface area (Å²) < 4.78 is 31.5. The summed E-state index contributed by atoms with van der Waals surface area (Å²) in [6, 6.07) is 0. The van der Waals surface area contributed by atoms with E-state index in [1.54, 1.807) is 14.2 Å². The van der Waals surface area contributed by atoms with Crippen LogP contribution in [0.3, 0.4) is 0 Å². The summed E-state index contributed by atoms with van der Waals surface area (Å²) in [4.78, 5) is 4.08. The van der Waals surface area contributed by atoms with Crippen LogP contribution in [-0.4, -0.2) is 55.2 Å². The number of aromatic amines is 1. The summed E-state index contributed by atoms with van der Waals surface area (Å²) in [6.07, 6.45) is 6.75. The van der Waals surface area contributed by atoms with Crippen molar-refractivity contribution in [2.45, 2.75) is 50.6 Å². The molecule has 1 saturated carbocycles. The van der Waals surface area contributed by atoms with Gasteiger partial charge in [-0.15, -0.1) is 5.10 Å². The number of rotatable bonds is 8. The van der Waals surface area contributed by atoms with Crippen LogP contribution in [0.25, 0.3) is 0 Å². The van der Waals surface area contributed by atoms with Gasteiger partial charge in [0.2, 0.25) is 0 Å². The Kier molecular flexibility index (Phi) is 6.55. The van der Waals surface area contributed by atoms with Crippen LogP contribution in [0.4, 0.5) is 0 Å². The number of ether oxygens (including phenoxy) is 1. The number of hydrogen-bond donors (Lipinski definition) is 1. The average Bonchev–Trinajstić information content (AvgIpc) is 3.03. The molecule has 23 heavy (non-hydrogen) atoms. The van der Waals surface area contributed by atoms with Gasteiger partial charge in [-0.3, -0.25) is 5.10 Å². The molecule has 0 radical (unpaired) electrons. The first-order chi connectivity index (χ1) is 10.9. The zero-order valence-electron chi connectivity index (χ0n) is 14.3. The highest BCUT2D eigenvalue weighted by Crippen LogP contribution is 2.30. The number of hydrogen-bond acceptors (Lipinski definition) is 5. The number of sulfonamides is 1. The smallest absolute Gasteiger partial charge is 0.282 e. The molecule has 1 aromatic heterocycles. The molecule has 1 unspecified atom stereocenters.